The number of pyridine rings is 1. The van der Waals surface area contributed by atoms with Crippen LogP contribution in [0.4, 0.5) is 5.95 Å². The van der Waals surface area contributed by atoms with Gasteiger partial charge in [-0.05, 0) is 37.1 Å². The lowest BCUT2D eigenvalue weighted by Crippen LogP contribution is -2.38. The molecule has 5 heteroatoms. The van der Waals surface area contributed by atoms with Crippen LogP contribution in [0.15, 0.2) is 36.9 Å². The van der Waals surface area contributed by atoms with E-state index in [2.05, 4.69) is 25.6 Å². The summed E-state index contributed by atoms with van der Waals surface area (Å²) in [5, 5.41) is 6.73. The molecule has 1 fully saturated rings. The van der Waals surface area contributed by atoms with Gasteiger partial charge >= 0.3 is 0 Å². The zero-order valence-electron chi connectivity index (χ0n) is 10.7. The van der Waals surface area contributed by atoms with Crippen molar-refractivity contribution >= 4 is 5.95 Å². The maximum atomic E-state index is 4.38. The molecule has 2 aromatic rings. The SMILES string of the molecule is c1cc(-c2cnc(NC3CCCNC3)nc2)ccn1. The highest BCUT2D eigenvalue weighted by molar-refractivity contribution is 5.61. The molecule has 3 heterocycles. The Bertz CT molecular complexity index is 505. The van der Waals surface area contributed by atoms with E-state index in [0.29, 0.717) is 12.0 Å². The van der Waals surface area contributed by atoms with E-state index in [1.807, 2.05) is 24.5 Å². The van der Waals surface area contributed by atoms with E-state index >= 15 is 0 Å². The molecular weight excluding hydrogens is 238 g/mol. The third-order valence-corrected chi connectivity index (χ3v) is 3.30. The monoisotopic (exact) mass is 255 g/mol. The molecule has 3 rings (SSSR count). The number of nitrogens with one attached hydrogen (secondary N) is 2. The van der Waals surface area contributed by atoms with Crippen molar-refractivity contribution in [1.29, 1.82) is 0 Å². The average Bonchev–Trinajstić information content (AvgIpc) is 2.50. The van der Waals surface area contributed by atoms with E-state index in [-0.39, 0.29) is 0 Å². The van der Waals surface area contributed by atoms with E-state index in [9.17, 15) is 0 Å². The topological polar surface area (TPSA) is 62.7 Å². The van der Waals surface area contributed by atoms with Gasteiger partial charge in [0.25, 0.3) is 0 Å². The predicted molar refractivity (Wildman–Crippen MR) is 74.8 cm³/mol. The van der Waals surface area contributed by atoms with Gasteiger partial charge in [0.2, 0.25) is 5.95 Å². The van der Waals surface area contributed by atoms with Crippen molar-refractivity contribution in [2.75, 3.05) is 18.4 Å². The quantitative estimate of drug-likeness (QED) is 0.874. The Morgan fingerprint density at radius 1 is 1.11 bits per heavy atom. The maximum absolute atomic E-state index is 4.38. The third-order valence-electron chi connectivity index (χ3n) is 3.30. The average molecular weight is 255 g/mol. The summed E-state index contributed by atoms with van der Waals surface area (Å²) in [7, 11) is 0. The number of piperidine rings is 1. The highest BCUT2D eigenvalue weighted by Crippen LogP contribution is 2.17. The second-order valence-corrected chi connectivity index (χ2v) is 4.72. The van der Waals surface area contributed by atoms with E-state index in [4.69, 9.17) is 0 Å². The van der Waals surface area contributed by atoms with Crippen LogP contribution in [0.5, 0.6) is 0 Å². The minimum Gasteiger partial charge on any atom is -0.350 e. The van der Waals surface area contributed by atoms with E-state index in [1.54, 1.807) is 12.4 Å². The molecule has 1 aliphatic heterocycles. The first-order valence-electron chi connectivity index (χ1n) is 6.61. The van der Waals surface area contributed by atoms with Gasteiger partial charge < -0.3 is 10.6 Å². The first-order chi connectivity index (χ1) is 9.42. The van der Waals surface area contributed by atoms with Gasteiger partial charge in [-0.25, -0.2) is 9.97 Å². The molecule has 0 aromatic carbocycles. The van der Waals surface area contributed by atoms with Crippen LogP contribution in [0.2, 0.25) is 0 Å². The van der Waals surface area contributed by atoms with Crippen molar-refractivity contribution in [2.45, 2.75) is 18.9 Å². The summed E-state index contributed by atoms with van der Waals surface area (Å²) in [6.07, 6.45) is 9.61. The Labute approximate surface area is 112 Å². The zero-order valence-corrected chi connectivity index (χ0v) is 10.7. The van der Waals surface area contributed by atoms with Crippen molar-refractivity contribution < 1.29 is 0 Å². The standard InChI is InChI=1S/C14H17N5/c1-2-13(10-16-5-1)19-14-17-8-12(9-18-14)11-3-6-15-7-4-11/h3-4,6-9,13,16H,1-2,5,10H2,(H,17,18,19). The number of hydrogen-bond acceptors (Lipinski definition) is 5. The van der Waals surface area contributed by atoms with E-state index in [0.717, 1.165) is 24.2 Å². The van der Waals surface area contributed by atoms with Gasteiger partial charge in [0.1, 0.15) is 0 Å². The first-order valence-corrected chi connectivity index (χ1v) is 6.61. The number of aromatic nitrogens is 3. The Kier molecular flexibility index (Phi) is 3.65. The molecule has 0 radical (unpaired) electrons. The third kappa shape index (κ3) is 3.06. The molecule has 0 spiro atoms. The van der Waals surface area contributed by atoms with Crippen molar-refractivity contribution in [3.63, 3.8) is 0 Å². The minimum atomic E-state index is 0.431. The van der Waals surface area contributed by atoms with Gasteiger partial charge in [-0.3, -0.25) is 4.98 Å². The molecule has 2 aromatic heterocycles. The lowest BCUT2D eigenvalue weighted by molar-refractivity contribution is 0.478. The summed E-state index contributed by atoms with van der Waals surface area (Å²) in [5.74, 6) is 0.700. The second kappa shape index (κ2) is 5.75. The Morgan fingerprint density at radius 3 is 2.58 bits per heavy atom. The number of anilines is 1. The van der Waals surface area contributed by atoms with Crippen LogP contribution < -0.4 is 10.6 Å². The summed E-state index contributed by atoms with van der Waals surface area (Å²) in [5.41, 5.74) is 2.09. The first kappa shape index (κ1) is 12.0. The van der Waals surface area contributed by atoms with Gasteiger partial charge in [0, 0.05) is 42.9 Å². The summed E-state index contributed by atoms with van der Waals surface area (Å²) in [4.78, 5) is 12.8. The van der Waals surface area contributed by atoms with Crippen LogP contribution in [0, 0.1) is 0 Å². The molecule has 5 nitrogen and oxygen atoms in total. The molecule has 1 aliphatic rings. The summed E-state index contributed by atoms with van der Waals surface area (Å²) in [6, 6.07) is 4.34. The van der Waals surface area contributed by atoms with Crippen LogP contribution in [0.25, 0.3) is 11.1 Å². The number of nitrogens with zero attached hydrogens (tertiary/aromatic N) is 3. The molecule has 1 atom stereocenters. The van der Waals surface area contributed by atoms with Gasteiger partial charge in [0.15, 0.2) is 0 Å². The van der Waals surface area contributed by atoms with Crippen LogP contribution in [-0.2, 0) is 0 Å². The molecule has 2 N–H and O–H groups in total. The van der Waals surface area contributed by atoms with Crippen LogP contribution >= 0.6 is 0 Å². The van der Waals surface area contributed by atoms with Crippen LogP contribution in [0.3, 0.4) is 0 Å². The Balaban J connectivity index is 1.68. The number of hydrogen-bond donors (Lipinski definition) is 2. The molecule has 19 heavy (non-hydrogen) atoms. The zero-order chi connectivity index (χ0) is 12.9. The van der Waals surface area contributed by atoms with E-state index in [1.165, 1.54) is 12.8 Å². The minimum absolute atomic E-state index is 0.431. The van der Waals surface area contributed by atoms with Crippen molar-refractivity contribution in [1.82, 2.24) is 20.3 Å². The largest absolute Gasteiger partial charge is 0.350 e. The Morgan fingerprint density at radius 2 is 1.89 bits per heavy atom. The highest BCUT2D eigenvalue weighted by atomic mass is 15.1. The van der Waals surface area contributed by atoms with Gasteiger partial charge in [-0.1, -0.05) is 0 Å². The Hall–Kier alpha value is -2.01. The second-order valence-electron chi connectivity index (χ2n) is 4.72. The molecule has 98 valence electrons. The predicted octanol–water partition coefficient (Wildman–Crippen LogP) is 1.70. The van der Waals surface area contributed by atoms with E-state index < -0.39 is 0 Å². The van der Waals surface area contributed by atoms with Crippen LogP contribution in [0.1, 0.15) is 12.8 Å². The van der Waals surface area contributed by atoms with Crippen molar-refractivity contribution in [3.05, 3.63) is 36.9 Å². The van der Waals surface area contributed by atoms with Crippen molar-refractivity contribution in [2.24, 2.45) is 0 Å². The summed E-state index contributed by atoms with van der Waals surface area (Å²) in [6.45, 7) is 2.09. The fourth-order valence-electron chi connectivity index (χ4n) is 2.25. The molecule has 0 aliphatic carbocycles. The number of rotatable bonds is 3. The lowest BCUT2D eigenvalue weighted by Gasteiger charge is -2.23. The van der Waals surface area contributed by atoms with Crippen LogP contribution in [-0.4, -0.2) is 34.1 Å². The summed E-state index contributed by atoms with van der Waals surface area (Å²) >= 11 is 0. The smallest absolute Gasteiger partial charge is 0.222 e. The highest BCUT2D eigenvalue weighted by Gasteiger charge is 2.13. The summed E-state index contributed by atoms with van der Waals surface area (Å²) < 4.78 is 0. The maximum Gasteiger partial charge on any atom is 0.222 e. The normalized spacial score (nSPS) is 19.1. The van der Waals surface area contributed by atoms with Crippen molar-refractivity contribution in [3.8, 4) is 11.1 Å². The fourth-order valence-corrected chi connectivity index (χ4v) is 2.25. The molecule has 1 unspecified atom stereocenters. The van der Waals surface area contributed by atoms with Gasteiger partial charge in [0.05, 0.1) is 0 Å². The lowest BCUT2D eigenvalue weighted by atomic mass is 10.1. The van der Waals surface area contributed by atoms with Gasteiger partial charge in [-0.2, -0.15) is 0 Å². The molecule has 0 amide bonds. The molecule has 0 bridgehead atoms. The molecule has 0 saturated carbocycles. The molecular formula is C14H17N5. The molecule has 1 saturated heterocycles. The van der Waals surface area contributed by atoms with Gasteiger partial charge in [-0.15, -0.1) is 0 Å². The fraction of sp³-hybridized carbons (Fsp3) is 0.357.